The zero-order valence-corrected chi connectivity index (χ0v) is 7.55. The normalized spacial score (nSPS) is 9.50. The molecular weight excluding hydrogens is 148 g/mol. The standard InChI is InChI=1S/C11H13O/c1-4-10-8-6-7-9(3)11(10)12-5-2/h6-8H,1,5H2,2-3H3. The Morgan fingerprint density at radius 2 is 2.25 bits per heavy atom. The van der Waals surface area contributed by atoms with E-state index in [1.54, 1.807) is 0 Å². The lowest BCUT2D eigenvalue weighted by atomic mass is 10.1. The summed E-state index contributed by atoms with van der Waals surface area (Å²) in [6.45, 7) is 8.28. The average Bonchev–Trinajstić information content (AvgIpc) is 2.09. The third-order valence-electron chi connectivity index (χ3n) is 1.69. The molecule has 0 spiro atoms. The average molecular weight is 161 g/mol. The van der Waals surface area contributed by atoms with E-state index < -0.39 is 0 Å². The molecule has 0 atom stereocenters. The van der Waals surface area contributed by atoms with Gasteiger partial charge in [0.2, 0.25) is 0 Å². The maximum atomic E-state index is 5.46. The van der Waals surface area contributed by atoms with Crippen LogP contribution in [0.5, 0.6) is 5.75 Å². The van der Waals surface area contributed by atoms with Gasteiger partial charge in [0.15, 0.2) is 0 Å². The molecule has 0 aliphatic rings. The lowest BCUT2D eigenvalue weighted by molar-refractivity contribution is 0.336. The van der Waals surface area contributed by atoms with Crippen LogP contribution in [0.3, 0.4) is 0 Å². The van der Waals surface area contributed by atoms with Crippen molar-refractivity contribution in [1.29, 1.82) is 0 Å². The summed E-state index contributed by atoms with van der Waals surface area (Å²) >= 11 is 0. The van der Waals surface area contributed by atoms with Crippen molar-refractivity contribution in [2.24, 2.45) is 0 Å². The molecule has 0 aliphatic heterocycles. The van der Waals surface area contributed by atoms with Crippen LogP contribution < -0.4 is 4.74 Å². The maximum Gasteiger partial charge on any atom is 0.129 e. The lowest BCUT2D eigenvalue weighted by Crippen LogP contribution is -1.96. The van der Waals surface area contributed by atoms with E-state index in [1.807, 2.05) is 32.0 Å². The second-order valence-corrected chi connectivity index (χ2v) is 2.56. The summed E-state index contributed by atoms with van der Waals surface area (Å²) in [5.41, 5.74) is 2.07. The molecule has 0 amide bonds. The Morgan fingerprint density at radius 3 is 2.83 bits per heavy atom. The number of hydrogen-bond donors (Lipinski definition) is 0. The lowest BCUT2D eigenvalue weighted by Gasteiger charge is -2.09. The van der Waals surface area contributed by atoms with Crippen LogP contribution >= 0.6 is 0 Å². The summed E-state index contributed by atoms with van der Waals surface area (Å²) in [5.74, 6) is 0.898. The first-order chi connectivity index (χ1) is 5.79. The summed E-state index contributed by atoms with van der Waals surface area (Å²) in [6.07, 6.45) is 2.85. The SMILES string of the molecule is C=[C]c1cccc(C)c1OCC. The third-order valence-corrected chi connectivity index (χ3v) is 1.69. The smallest absolute Gasteiger partial charge is 0.129 e. The number of hydrogen-bond acceptors (Lipinski definition) is 1. The number of aryl methyl sites for hydroxylation is 1. The van der Waals surface area contributed by atoms with Gasteiger partial charge in [0.25, 0.3) is 0 Å². The summed E-state index contributed by atoms with van der Waals surface area (Å²) in [5, 5.41) is 0. The van der Waals surface area contributed by atoms with E-state index in [1.165, 1.54) is 0 Å². The summed E-state index contributed by atoms with van der Waals surface area (Å²) in [7, 11) is 0. The molecule has 0 unspecified atom stereocenters. The number of benzene rings is 1. The van der Waals surface area contributed by atoms with Crippen molar-refractivity contribution < 1.29 is 4.74 Å². The molecule has 1 aromatic rings. The van der Waals surface area contributed by atoms with Gasteiger partial charge in [-0.15, -0.1) is 0 Å². The summed E-state index contributed by atoms with van der Waals surface area (Å²) < 4.78 is 5.46. The Labute approximate surface area is 73.7 Å². The van der Waals surface area contributed by atoms with Gasteiger partial charge in [0, 0.05) is 5.56 Å². The van der Waals surface area contributed by atoms with E-state index in [9.17, 15) is 0 Å². The van der Waals surface area contributed by atoms with E-state index in [2.05, 4.69) is 12.7 Å². The molecule has 1 rings (SSSR count). The van der Waals surface area contributed by atoms with Crippen LogP contribution in [0.4, 0.5) is 0 Å². The fourth-order valence-corrected chi connectivity index (χ4v) is 1.13. The quantitative estimate of drug-likeness (QED) is 0.662. The number of para-hydroxylation sites is 1. The van der Waals surface area contributed by atoms with Crippen LogP contribution in [0.15, 0.2) is 24.8 Å². The minimum Gasteiger partial charge on any atom is -0.493 e. The molecule has 0 saturated carbocycles. The molecule has 0 bridgehead atoms. The van der Waals surface area contributed by atoms with Gasteiger partial charge in [-0.3, -0.25) is 0 Å². The van der Waals surface area contributed by atoms with Crippen molar-refractivity contribution in [3.05, 3.63) is 42.0 Å². The van der Waals surface area contributed by atoms with Gasteiger partial charge in [0.05, 0.1) is 6.61 Å². The minimum atomic E-state index is 0.680. The van der Waals surface area contributed by atoms with Crippen molar-refractivity contribution in [2.45, 2.75) is 13.8 Å². The monoisotopic (exact) mass is 161 g/mol. The molecule has 0 fully saturated rings. The Bertz CT molecular complexity index is 276. The topological polar surface area (TPSA) is 9.23 Å². The molecule has 12 heavy (non-hydrogen) atoms. The van der Waals surface area contributed by atoms with Crippen LogP contribution in [0.2, 0.25) is 0 Å². The van der Waals surface area contributed by atoms with Gasteiger partial charge in [-0.05, 0) is 25.5 Å². The molecule has 1 heteroatoms. The molecule has 0 heterocycles. The van der Waals surface area contributed by atoms with Crippen molar-refractivity contribution in [3.8, 4) is 5.75 Å². The highest BCUT2D eigenvalue weighted by Crippen LogP contribution is 2.22. The fraction of sp³-hybridized carbons (Fsp3) is 0.273. The first-order valence-electron chi connectivity index (χ1n) is 4.05. The highest BCUT2D eigenvalue weighted by Gasteiger charge is 2.02. The zero-order valence-electron chi connectivity index (χ0n) is 7.55. The van der Waals surface area contributed by atoms with E-state index in [0.29, 0.717) is 6.61 Å². The Hall–Kier alpha value is -1.24. The molecule has 0 N–H and O–H groups in total. The molecular formula is C11H13O. The third kappa shape index (κ3) is 1.67. The number of ether oxygens (including phenoxy) is 1. The van der Waals surface area contributed by atoms with Crippen molar-refractivity contribution in [2.75, 3.05) is 6.61 Å². The highest BCUT2D eigenvalue weighted by atomic mass is 16.5. The molecule has 1 nitrogen and oxygen atoms in total. The molecule has 0 saturated heterocycles. The molecule has 1 aromatic carbocycles. The van der Waals surface area contributed by atoms with E-state index in [4.69, 9.17) is 4.74 Å². The van der Waals surface area contributed by atoms with E-state index >= 15 is 0 Å². The summed E-state index contributed by atoms with van der Waals surface area (Å²) in [4.78, 5) is 0. The van der Waals surface area contributed by atoms with Crippen molar-refractivity contribution >= 4 is 0 Å². The maximum absolute atomic E-state index is 5.46. The molecule has 0 aromatic heterocycles. The zero-order chi connectivity index (χ0) is 8.97. The first-order valence-corrected chi connectivity index (χ1v) is 4.05. The molecule has 63 valence electrons. The van der Waals surface area contributed by atoms with Crippen LogP contribution in [0.1, 0.15) is 18.1 Å². The summed E-state index contributed by atoms with van der Waals surface area (Å²) in [6, 6.07) is 5.95. The molecule has 0 aliphatic carbocycles. The Morgan fingerprint density at radius 1 is 1.50 bits per heavy atom. The predicted octanol–water partition coefficient (Wildman–Crippen LogP) is 2.73. The van der Waals surface area contributed by atoms with Crippen LogP contribution in [-0.4, -0.2) is 6.61 Å². The van der Waals surface area contributed by atoms with Gasteiger partial charge in [0.1, 0.15) is 5.75 Å². The van der Waals surface area contributed by atoms with Crippen LogP contribution in [0, 0.1) is 13.0 Å². The van der Waals surface area contributed by atoms with Gasteiger partial charge in [-0.1, -0.05) is 24.8 Å². The predicted molar refractivity (Wildman–Crippen MR) is 50.3 cm³/mol. The molecule has 1 radical (unpaired) electrons. The van der Waals surface area contributed by atoms with Gasteiger partial charge < -0.3 is 4.74 Å². The van der Waals surface area contributed by atoms with Crippen molar-refractivity contribution in [1.82, 2.24) is 0 Å². The largest absolute Gasteiger partial charge is 0.493 e. The van der Waals surface area contributed by atoms with Gasteiger partial charge >= 0.3 is 0 Å². The fourth-order valence-electron chi connectivity index (χ4n) is 1.13. The van der Waals surface area contributed by atoms with Crippen LogP contribution in [-0.2, 0) is 0 Å². The van der Waals surface area contributed by atoms with Gasteiger partial charge in [-0.2, -0.15) is 0 Å². The van der Waals surface area contributed by atoms with E-state index in [-0.39, 0.29) is 0 Å². The van der Waals surface area contributed by atoms with Crippen LogP contribution in [0.25, 0.3) is 0 Å². The first kappa shape index (κ1) is 8.85. The van der Waals surface area contributed by atoms with Crippen molar-refractivity contribution in [3.63, 3.8) is 0 Å². The Kier molecular flexibility index (Phi) is 2.92. The second kappa shape index (κ2) is 3.96. The second-order valence-electron chi connectivity index (χ2n) is 2.56. The Balaban J connectivity index is 3.10. The highest BCUT2D eigenvalue weighted by molar-refractivity contribution is 5.43. The van der Waals surface area contributed by atoms with E-state index in [0.717, 1.165) is 16.9 Å². The number of rotatable bonds is 3. The van der Waals surface area contributed by atoms with Gasteiger partial charge in [-0.25, -0.2) is 0 Å². The minimum absolute atomic E-state index is 0.680.